The molecule has 0 aliphatic carbocycles. The van der Waals surface area contributed by atoms with Gasteiger partial charge < -0.3 is 10.0 Å². The molecule has 1 N–H and O–H groups in total. The number of rotatable bonds is 6. The maximum Gasteiger partial charge on any atom is 0.323 e. The topological polar surface area (TPSA) is 57.6 Å². The summed E-state index contributed by atoms with van der Waals surface area (Å²) in [4.78, 5) is 24.2. The summed E-state index contributed by atoms with van der Waals surface area (Å²) in [5, 5.41) is 8.86. The highest BCUT2D eigenvalue weighted by Crippen LogP contribution is 2.09. The van der Waals surface area contributed by atoms with Gasteiger partial charge in [0.1, 0.15) is 6.54 Å². The van der Waals surface area contributed by atoms with Gasteiger partial charge in [0.2, 0.25) is 5.91 Å². The summed E-state index contributed by atoms with van der Waals surface area (Å²) in [5.41, 5.74) is 2.03. The van der Waals surface area contributed by atoms with Gasteiger partial charge in [0.05, 0.1) is 0 Å². The molecular formula is C16H21NO3. The number of hydrogen-bond donors (Lipinski definition) is 1. The van der Waals surface area contributed by atoms with Crippen molar-refractivity contribution in [1.29, 1.82) is 0 Å². The Kier molecular flexibility index (Phi) is 5.97. The molecular weight excluding hydrogens is 254 g/mol. The highest BCUT2D eigenvalue weighted by atomic mass is 16.4. The molecule has 0 atom stereocenters. The maximum atomic E-state index is 12.1. The third-order valence-corrected chi connectivity index (χ3v) is 2.82. The molecule has 1 aromatic rings. The molecule has 1 rings (SSSR count). The lowest BCUT2D eigenvalue weighted by Crippen LogP contribution is -2.37. The Hall–Kier alpha value is -2.10. The molecule has 0 unspecified atom stereocenters. The molecule has 0 saturated carbocycles. The van der Waals surface area contributed by atoms with Crippen LogP contribution in [0.5, 0.6) is 0 Å². The second-order valence-corrected chi connectivity index (χ2v) is 5.20. The molecule has 0 bridgehead atoms. The predicted octanol–water partition coefficient (Wildman–Crippen LogP) is 2.58. The van der Waals surface area contributed by atoms with Crippen molar-refractivity contribution in [3.63, 3.8) is 0 Å². The van der Waals surface area contributed by atoms with Crippen LogP contribution in [0.4, 0.5) is 0 Å². The van der Waals surface area contributed by atoms with Crippen LogP contribution in [0.2, 0.25) is 0 Å². The fourth-order valence-electron chi connectivity index (χ4n) is 1.88. The van der Waals surface area contributed by atoms with E-state index in [9.17, 15) is 9.59 Å². The Balaban J connectivity index is 2.80. The monoisotopic (exact) mass is 275 g/mol. The van der Waals surface area contributed by atoms with Gasteiger partial charge in [-0.15, -0.1) is 0 Å². The highest BCUT2D eigenvalue weighted by molar-refractivity contribution is 5.93. The first-order valence-corrected chi connectivity index (χ1v) is 6.64. The number of aliphatic carboxylic acids is 1. The molecule has 0 aliphatic heterocycles. The third kappa shape index (κ3) is 5.26. The normalized spacial score (nSPS) is 11.0. The highest BCUT2D eigenvalue weighted by Gasteiger charge is 2.15. The number of carboxylic acids is 1. The van der Waals surface area contributed by atoms with Crippen molar-refractivity contribution in [3.05, 3.63) is 41.5 Å². The van der Waals surface area contributed by atoms with Gasteiger partial charge in [-0.2, -0.15) is 0 Å². The Morgan fingerprint density at radius 1 is 1.30 bits per heavy atom. The smallest absolute Gasteiger partial charge is 0.323 e. The molecule has 0 spiro atoms. The van der Waals surface area contributed by atoms with Crippen LogP contribution in [-0.2, 0) is 9.59 Å². The number of carboxylic acid groups (broad SMARTS) is 1. The first-order valence-electron chi connectivity index (χ1n) is 6.64. The van der Waals surface area contributed by atoms with E-state index in [-0.39, 0.29) is 18.4 Å². The van der Waals surface area contributed by atoms with Gasteiger partial charge in [0.15, 0.2) is 0 Å². The van der Waals surface area contributed by atoms with E-state index < -0.39 is 5.97 Å². The standard InChI is InChI=1S/C16H21NO3/c1-12(2)10-17(11-16(19)20)15(18)9-8-14-7-5-4-6-13(14)3/h4-9,12H,10-11H2,1-3H3,(H,19,20). The lowest BCUT2D eigenvalue weighted by Gasteiger charge is -2.21. The number of carbonyl (C=O) groups excluding carboxylic acids is 1. The zero-order valence-electron chi connectivity index (χ0n) is 12.2. The molecule has 0 saturated heterocycles. The van der Waals surface area contributed by atoms with E-state index in [0.29, 0.717) is 6.54 Å². The van der Waals surface area contributed by atoms with E-state index in [1.165, 1.54) is 11.0 Å². The second-order valence-electron chi connectivity index (χ2n) is 5.20. The maximum absolute atomic E-state index is 12.1. The summed E-state index contributed by atoms with van der Waals surface area (Å²) in [6.07, 6.45) is 3.17. The Morgan fingerprint density at radius 3 is 2.50 bits per heavy atom. The molecule has 108 valence electrons. The van der Waals surface area contributed by atoms with Crippen LogP contribution in [0.25, 0.3) is 6.08 Å². The second kappa shape index (κ2) is 7.48. The van der Waals surface area contributed by atoms with Crippen LogP contribution in [-0.4, -0.2) is 35.0 Å². The average molecular weight is 275 g/mol. The number of nitrogens with zero attached hydrogens (tertiary/aromatic N) is 1. The van der Waals surface area contributed by atoms with Crippen LogP contribution in [0.15, 0.2) is 30.3 Å². The van der Waals surface area contributed by atoms with Crippen molar-refractivity contribution in [2.75, 3.05) is 13.1 Å². The van der Waals surface area contributed by atoms with Gasteiger partial charge in [0.25, 0.3) is 0 Å². The molecule has 0 heterocycles. The summed E-state index contributed by atoms with van der Waals surface area (Å²) in [6, 6.07) is 7.72. The van der Waals surface area contributed by atoms with Gasteiger partial charge in [-0.1, -0.05) is 38.1 Å². The molecule has 0 radical (unpaired) electrons. The minimum Gasteiger partial charge on any atom is -0.480 e. The number of benzene rings is 1. The lowest BCUT2D eigenvalue weighted by molar-refractivity contribution is -0.143. The van der Waals surface area contributed by atoms with Crippen molar-refractivity contribution in [2.24, 2.45) is 5.92 Å². The van der Waals surface area contributed by atoms with Crippen molar-refractivity contribution in [1.82, 2.24) is 4.90 Å². The molecule has 0 aliphatic rings. The first kappa shape index (κ1) is 16.0. The Morgan fingerprint density at radius 2 is 1.95 bits per heavy atom. The number of aryl methyl sites for hydroxylation is 1. The minimum atomic E-state index is -0.997. The zero-order chi connectivity index (χ0) is 15.1. The van der Waals surface area contributed by atoms with Crippen molar-refractivity contribution in [3.8, 4) is 0 Å². The molecule has 1 aromatic carbocycles. The summed E-state index contributed by atoms with van der Waals surface area (Å²) in [5.74, 6) is -1.04. The zero-order valence-corrected chi connectivity index (χ0v) is 12.2. The van der Waals surface area contributed by atoms with E-state index >= 15 is 0 Å². The Labute approximate surface area is 119 Å². The van der Waals surface area contributed by atoms with Gasteiger partial charge in [-0.25, -0.2) is 0 Å². The fraction of sp³-hybridized carbons (Fsp3) is 0.375. The Bertz CT molecular complexity index is 506. The molecule has 1 amide bonds. The van der Waals surface area contributed by atoms with Gasteiger partial charge in [0, 0.05) is 12.6 Å². The van der Waals surface area contributed by atoms with Crippen LogP contribution >= 0.6 is 0 Å². The summed E-state index contributed by atoms with van der Waals surface area (Å²) in [6.45, 7) is 6.03. The number of carbonyl (C=O) groups is 2. The van der Waals surface area contributed by atoms with Gasteiger partial charge in [-0.05, 0) is 30.0 Å². The first-order chi connectivity index (χ1) is 9.40. The largest absolute Gasteiger partial charge is 0.480 e. The summed E-state index contributed by atoms with van der Waals surface area (Å²) < 4.78 is 0. The van der Waals surface area contributed by atoms with E-state index in [1.54, 1.807) is 6.08 Å². The molecule has 4 heteroatoms. The van der Waals surface area contributed by atoms with Crippen molar-refractivity contribution < 1.29 is 14.7 Å². The van der Waals surface area contributed by atoms with Crippen LogP contribution in [0.3, 0.4) is 0 Å². The van der Waals surface area contributed by atoms with Crippen molar-refractivity contribution in [2.45, 2.75) is 20.8 Å². The van der Waals surface area contributed by atoms with Crippen LogP contribution in [0, 0.1) is 12.8 Å². The van der Waals surface area contributed by atoms with Crippen molar-refractivity contribution >= 4 is 18.0 Å². The molecule has 20 heavy (non-hydrogen) atoms. The van der Waals surface area contributed by atoms with Gasteiger partial charge >= 0.3 is 5.97 Å². The molecule has 0 aromatic heterocycles. The van der Waals surface area contributed by atoms with E-state index in [4.69, 9.17) is 5.11 Å². The SMILES string of the molecule is Cc1ccccc1C=CC(=O)N(CC(=O)O)CC(C)C. The quantitative estimate of drug-likeness (QED) is 0.812. The number of amides is 1. The molecule has 4 nitrogen and oxygen atoms in total. The third-order valence-electron chi connectivity index (χ3n) is 2.82. The van der Waals surface area contributed by atoms with Gasteiger partial charge in [-0.3, -0.25) is 9.59 Å². The summed E-state index contributed by atoms with van der Waals surface area (Å²) >= 11 is 0. The fourth-order valence-corrected chi connectivity index (χ4v) is 1.88. The van der Waals surface area contributed by atoms with E-state index in [2.05, 4.69) is 0 Å². The van der Waals surface area contributed by atoms with Crippen LogP contribution in [0.1, 0.15) is 25.0 Å². The van der Waals surface area contributed by atoms with E-state index in [1.807, 2.05) is 45.0 Å². The van der Waals surface area contributed by atoms with Crippen LogP contribution < -0.4 is 0 Å². The lowest BCUT2D eigenvalue weighted by atomic mass is 10.1. The summed E-state index contributed by atoms with van der Waals surface area (Å²) in [7, 11) is 0. The number of hydrogen-bond acceptors (Lipinski definition) is 2. The molecule has 0 fully saturated rings. The average Bonchev–Trinajstić information content (AvgIpc) is 2.35. The van der Waals surface area contributed by atoms with E-state index in [0.717, 1.165) is 11.1 Å². The minimum absolute atomic E-state index is 0.227. The predicted molar refractivity (Wildman–Crippen MR) is 79.3 cm³/mol.